The highest BCUT2D eigenvalue weighted by Gasteiger charge is 2.33. The van der Waals surface area contributed by atoms with Crippen molar-refractivity contribution in [3.05, 3.63) is 54.1 Å². The van der Waals surface area contributed by atoms with Gasteiger partial charge in [-0.25, -0.2) is 0 Å². The van der Waals surface area contributed by atoms with Gasteiger partial charge in [-0.2, -0.15) is 0 Å². The van der Waals surface area contributed by atoms with Crippen LogP contribution in [0.1, 0.15) is 50.5 Å². The Bertz CT molecular complexity index is 737. The molecule has 1 aliphatic heterocycles. The molecule has 0 aromatic heterocycles. The first-order chi connectivity index (χ1) is 13.5. The van der Waals surface area contributed by atoms with E-state index in [0.717, 1.165) is 24.0 Å². The van der Waals surface area contributed by atoms with Gasteiger partial charge in [-0.3, -0.25) is 0 Å². The van der Waals surface area contributed by atoms with Crippen LogP contribution in [0, 0.1) is 0 Å². The Morgan fingerprint density at radius 1 is 1.00 bits per heavy atom. The fourth-order valence-electron chi connectivity index (χ4n) is 4.33. The van der Waals surface area contributed by atoms with Crippen LogP contribution in [0.3, 0.4) is 0 Å². The molecule has 0 spiro atoms. The van der Waals surface area contributed by atoms with E-state index in [-0.39, 0.29) is 5.75 Å². The molecule has 2 aromatic rings. The topological polar surface area (TPSA) is 9.23 Å². The molecule has 5 heteroatoms. The summed E-state index contributed by atoms with van der Waals surface area (Å²) < 4.78 is 43.4. The minimum atomic E-state index is -4.69. The average molecular weight is 407 g/mol. The summed E-state index contributed by atoms with van der Waals surface area (Å²) in [7, 11) is -0.637. The summed E-state index contributed by atoms with van der Waals surface area (Å²) >= 11 is 0. The Balaban J connectivity index is 1.75. The molecule has 0 saturated carbocycles. The van der Waals surface area contributed by atoms with E-state index in [0.29, 0.717) is 11.5 Å². The fourth-order valence-corrected chi connectivity index (χ4v) is 7.81. The monoisotopic (exact) mass is 406 g/mol. The SMILES string of the molecule is CCCCC[SiH]1CCC(c2ccc(-c3ccccc3)c(OC(F)(F)F)c2)CC1. The standard InChI is InChI=1S/C23H29F3OSi/c1-2-3-7-14-28-15-12-18(13-16-28)20-10-11-21(19-8-5-4-6-9-19)22(17-20)27-23(24,25)26/h4-6,8-11,17-18,28H,2-3,7,12-16H2,1H3. The van der Waals surface area contributed by atoms with Crippen molar-refractivity contribution in [3.8, 4) is 16.9 Å². The Hall–Kier alpha value is -1.75. The summed E-state index contributed by atoms with van der Waals surface area (Å²) in [5, 5.41) is 0. The molecule has 0 unspecified atom stereocenters. The van der Waals surface area contributed by atoms with Crippen molar-refractivity contribution in [2.75, 3.05) is 0 Å². The van der Waals surface area contributed by atoms with Gasteiger partial charge in [-0.05, 0) is 36.0 Å². The van der Waals surface area contributed by atoms with Crippen molar-refractivity contribution >= 4 is 8.80 Å². The van der Waals surface area contributed by atoms with E-state index in [2.05, 4.69) is 11.7 Å². The molecule has 28 heavy (non-hydrogen) atoms. The third-order valence-corrected chi connectivity index (χ3v) is 9.37. The average Bonchev–Trinajstić information content (AvgIpc) is 2.68. The third-order valence-electron chi connectivity index (χ3n) is 5.85. The summed E-state index contributed by atoms with van der Waals surface area (Å²) in [4.78, 5) is 0. The minimum Gasteiger partial charge on any atom is -0.405 e. The molecule has 152 valence electrons. The van der Waals surface area contributed by atoms with Crippen LogP contribution in [0.2, 0.25) is 18.1 Å². The van der Waals surface area contributed by atoms with Gasteiger partial charge in [-0.15, -0.1) is 13.2 Å². The van der Waals surface area contributed by atoms with Crippen LogP contribution in [0.4, 0.5) is 13.2 Å². The maximum absolute atomic E-state index is 13.0. The fraction of sp³-hybridized carbons (Fsp3) is 0.478. The molecule has 1 fully saturated rings. The van der Waals surface area contributed by atoms with Crippen molar-refractivity contribution in [3.63, 3.8) is 0 Å². The molecular formula is C23H29F3OSi. The molecule has 0 amide bonds. The smallest absolute Gasteiger partial charge is 0.405 e. The first-order valence-electron chi connectivity index (χ1n) is 10.4. The van der Waals surface area contributed by atoms with Crippen molar-refractivity contribution in [2.24, 2.45) is 0 Å². The van der Waals surface area contributed by atoms with Gasteiger partial charge >= 0.3 is 6.36 Å². The number of alkyl halides is 3. The summed E-state index contributed by atoms with van der Waals surface area (Å²) in [5.74, 6) is 0.272. The lowest BCUT2D eigenvalue weighted by molar-refractivity contribution is -0.274. The number of halogens is 3. The van der Waals surface area contributed by atoms with Crippen molar-refractivity contribution in [1.29, 1.82) is 0 Å². The second-order valence-corrected chi connectivity index (χ2v) is 11.3. The molecule has 1 saturated heterocycles. The zero-order chi connectivity index (χ0) is 20.0. The lowest BCUT2D eigenvalue weighted by Gasteiger charge is -2.28. The van der Waals surface area contributed by atoms with Crippen LogP contribution < -0.4 is 4.74 Å². The largest absolute Gasteiger partial charge is 0.573 e. The Labute approximate surface area is 167 Å². The lowest BCUT2D eigenvalue weighted by atomic mass is 9.91. The zero-order valence-corrected chi connectivity index (χ0v) is 17.6. The van der Waals surface area contributed by atoms with Crippen LogP contribution in [0.15, 0.2) is 48.5 Å². The van der Waals surface area contributed by atoms with E-state index in [1.54, 1.807) is 12.1 Å². The van der Waals surface area contributed by atoms with E-state index in [1.165, 1.54) is 37.4 Å². The van der Waals surface area contributed by atoms with Crippen molar-refractivity contribution < 1.29 is 17.9 Å². The van der Waals surface area contributed by atoms with E-state index in [4.69, 9.17) is 0 Å². The number of unbranched alkanes of at least 4 members (excludes halogenated alkanes) is 2. The second-order valence-electron chi connectivity index (χ2n) is 7.88. The molecule has 1 heterocycles. The number of hydrogen-bond donors (Lipinski definition) is 0. The molecule has 2 aromatic carbocycles. The van der Waals surface area contributed by atoms with Crippen LogP contribution in [0.25, 0.3) is 11.1 Å². The second kappa shape index (κ2) is 9.64. The van der Waals surface area contributed by atoms with Gasteiger partial charge in [0.1, 0.15) is 5.75 Å². The molecular weight excluding hydrogens is 377 g/mol. The van der Waals surface area contributed by atoms with E-state index in [9.17, 15) is 13.2 Å². The zero-order valence-electron chi connectivity index (χ0n) is 16.5. The Morgan fingerprint density at radius 3 is 2.36 bits per heavy atom. The maximum Gasteiger partial charge on any atom is 0.573 e. The summed E-state index contributed by atoms with van der Waals surface area (Å²) in [5.41, 5.74) is 2.21. The predicted molar refractivity (Wildman–Crippen MR) is 112 cm³/mol. The van der Waals surface area contributed by atoms with Crippen molar-refractivity contribution in [1.82, 2.24) is 0 Å². The first kappa shape index (κ1) is 21.0. The first-order valence-corrected chi connectivity index (χ1v) is 12.9. The van der Waals surface area contributed by atoms with Gasteiger partial charge in [0.25, 0.3) is 0 Å². The Morgan fingerprint density at radius 2 is 1.71 bits per heavy atom. The van der Waals surface area contributed by atoms with Crippen molar-refractivity contribution in [2.45, 2.75) is 69.4 Å². The van der Waals surface area contributed by atoms with Crippen LogP contribution >= 0.6 is 0 Å². The third kappa shape index (κ3) is 5.87. The minimum absolute atomic E-state index is 0.0847. The molecule has 1 aliphatic rings. The highest BCUT2D eigenvalue weighted by atomic mass is 28.3. The lowest BCUT2D eigenvalue weighted by Crippen LogP contribution is -2.21. The van der Waals surface area contributed by atoms with Gasteiger partial charge in [0.05, 0.1) is 0 Å². The van der Waals surface area contributed by atoms with Gasteiger partial charge < -0.3 is 4.74 Å². The van der Waals surface area contributed by atoms with Crippen LogP contribution in [0.5, 0.6) is 5.75 Å². The molecule has 3 rings (SSSR count). The molecule has 1 nitrogen and oxygen atoms in total. The normalized spacial score (nSPS) is 20.1. The van der Waals surface area contributed by atoms with Gasteiger partial charge in [0.15, 0.2) is 0 Å². The number of benzene rings is 2. The molecule has 0 N–H and O–H groups in total. The van der Waals surface area contributed by atoms with Gasteiger partial charge in [0.2, 0.25) is 0 Å². The van der Waals surface area contributed by atoms with Crippen LogP contribution in [-0.4, -0.2) is 15.2 Å². The number of hydrogen-bond acceptors (Lipinski definition) is 1. The highest BCUT2D eigenvalue weighted by molar-refractivity contribution is 6.59. The summed E-state index contributed by atoms with van der Waals surface area (Å²) in [6.45, 7) is 2.23. The molecule has 0 aliphatic carbocycles. The number of ether oxygens (including phenoxy) is 1. The Kier molecular flexibility index (Phi) is 7.22. The molecule has 0 radical (unpaired) electrons. The molecule has 0 bridgehead atoms. The predicted octanol–water partition coefficient (Wildman–Crippen LogP) is 7.55. The number of rotatable bonds is 7. The molecule has 0 atom stereocenters. The summed E-state index contributed by atoms with van der Waals surface area (Å²) in [6.07, 6.45) is 1.48. The maximum atomic E-state index is 13.0. The summed E-state index contributed by atoms with van der Waals surface area (Å²) in [6, 6.07) is 18.6. The quantitative estimate of drug-likeness (QED) is 0.341. The van der Waals surface area contributed by atoms with E-state index >= 15 is 0 Å². The highest BCUT2D eigenvalue weighted by Crippen LogP contribution is 2.40. The van der Waals surface area contributed by atoms with Crippen LogP contribution in [-0.2, 0) is 0 Å². The van der Waals surface area contributed by atoms with Gasteiger partial charge in [0, 0.05) is 14.4 Å². The van der Waals surface area contributed by atoms with E-state index in [1.807, 2.05) is 36.4 Å². The van der Waals surface area contributed by atoms with E-state index < -0.39 is 15.2 Å². The van der Waals surface area contributed by atoms with Gasteiger partial charge in [-0.1, -0.05) is 86.8 Å².